The van der Waals surface area contributed by atoms with Gasteiger partial charge in [0.05, 0.1) is 0 Å². The average molecular weight is 329 g/mol. The maximum atomic E-state index is 12.9. The number of ketones is 1. The van der Waals surface area contributed by atoms with E-state index in [4.69, 9.17) is 0 Å². The molecule has 0 amide bonds. The van der Waals surface area contributed by atoms with E-state index in [0.29, 0.717) is 17.1 Å². The minimum absolute atomic E-state index is 0.156. The highest BCUT2D eigenvalue weighted by Gasteiger charge is 2.56. The fraction of sp³-hybridized carbons (Fsp3) is 0.783. The highest BCUT2D eigenvalue weighted by Crippen LogP contribution is 2.64. The Balaban J connectivity index is 1.97. The Kier molecular flexibility index (Phi) is 4.60. The zero-order valence-corrected chi connectivity index (χ0v) is 16.5. The number of carbonyl (C=O) groups excluding carboxylic acids is 1. The third-order valence-corrected chi connectivity index (χ3v) is 8.12. The van der Waals surface area contributed by atoms with Crippen molar-refractivity contribution in [2.45, 2.75) is 86.0 Å². The van der Waals surface area contributed by atoms with Crippen LogP contribution < -0.4 is 0 Å². The number of carbonyl (C=O) groups is 1. The zero-order valence-electron chi connectivity index (χ0n) is 16.5. The van der Waals surface area contributed by atoms with E-state index < -0.39 is 0 Å². The number of rotatable bonds is 3. The third kappa shape index (κ3) is 2.63. The summed E-state index contributed by atoms with van der Waals surface area (Å²) in [7, 11) is 0. The fourth-order valence-electron chi connectivity index (χ4n) is 6.42. The van der Waals surface area contributed by atoms with E-state index in [0.717, 1.165) is 12.3 Å². The first-order valence-corrected chi connectivity index (χ1v) is 10.2. The van der Waals surface area contributed by atoms with Crippen LogP contribution in [-0.2, 0) is 4.79 Å². The molecule has 2 saturated carbocycles. The van der Waals surface area contributed by atoms with Gasteiger partial charge in [0.25, 0.3) is 0 Å². The largest absolute Gasteiger partial charge is 0.294 e. The molecule has 0 aliphatic heterocycles. The summed E-state index contributed by atoms with van der Waals surface area (Å²) in [4.78, 5) is 12.9. The first-order valence-electron chi connectivity index (χ1n) is 10.2. The first-order chi connectivity index (χ1) is 11.3. The maximum absolute atomic E-state index is 12.9. The van der Waals surface area contributed by atoms with Crippen molar-refractivity contribution < 1.29 is 4.79 Å². The molecule has 0 aromatic carbocycles. The van der Waals surface area contributed by atoms with Crippen LogP contribution in [0.3, 0.4) is 0 Å². The normalized spacial score (nSPS) is 45.5. The summed E-state index contributed by atoms with van der Waals surface area (Å²) in [6.07, 6.45) is 16.3. The predicted molar refractivity (Wildman–Crippen MR) is 102 cm³/mol. The van der Waals surface area contributed by atoms with Crippen LogP contribution in [0.25, 0.3) is 0 Å². The summed E-state index contributed by atoms with van der Waals surface area (Å²) < 4.78 is 0. The molecular weight excluding hydrogens is 292 g/mol. The number of hydrogen-bond acceptors (Lipinski definition) is 1. The second-order valence-electron chi connectivity index (χ2n) is 9.61. The molecule has 134 valence electrons. The van der Waals surface area contributed by atoms with E-state index in [1.54, 1.807) is 5.57 Å². The summed E-state index contributed by atoms with van der Waals surface area (Å²) in [5.41, 5.74) is 2.32. The van der Waals surface area contributed by atoms with Gasteiger partial charge in [-0.05, 0) is 74.2 Å². The van der Waals surface area contributed by atoms with E-state index in [9.17, 15) is 4.79 Å². The fourth-order valence-corrected chi connectivity index (χ4v) is 6.42. The highest BCUT2D eigenvalue weighted by molar-refractivity contribution is 5.95. The SMILES string of the molecule is C/C=C/C(=O)[C@]1(C)CCC[C@@]2(C)C3=CC[C@](C)(CC)CC3CCC12. The molecule has 0 N–H and O–H groups in total. The van der Waals surface area contributed by atoms with Crippen molar-refractivity contribution in [3.63, 3.8) is 0 Å². The van der Waals surface area contributed by atoms with Gasteiger partial charge in [0.2, 0.25) is 0 Å². The van der Waals surface area contributed by atoms with Gasteiger partial charge in [-0.25, -0.2) is 0 Å². The first kappa shape index (κ1) is 18.0. The Morgan fingerprint density at radius 3 is 2.67 bits per heavy atom. The van der Waals surface area contributed by atoms with Crippen molar-refractivity contribution in [3.05, 3.63) is 23.8 Å². The smallest absolute Gasteiger partial charge is 0.161 e. The quantitative estimate of drug-likeness (QED) is 0.427. The molecule has 0 bridgehead atoms. The zero-order chi connectivity index (χ0) is 17.6. The van der Waals surface area contributed by atoms with E-state index in [1.807, 2.05) is 19.1 Å². The number of allylic oxidation sites excluding steroid dienone is 4. The molecular formula is C23H36O. The van der Waals surface area contributed by atoms with Crippen LogP contribution in [0.5, 0.6) is 0 Å². The number of fused-ring (bicyclic) bond motifs is 3. The topological polar surface area (TPSA) is 17.1 Å². The van der Waals surface area contributed by atoms with Crippen molar-refractivity contribution >= 4 is 5.78 Å². The van der Waals surface area contributed by atoms with Gasteiger partial charge in [-0.15, -0.1) is 0 Å². The van der Waals surface area contributed by atoms with Gasteiger partial charge in [0.15, 0.2) is 5.78 Å². The lowest BCUT2D eigenvalue weighted by molar-refractivity contribution is -0.134. The molecule has 5 atom stereocenters. The molecule has 3 rings (SSSR count). The summed E-state index contributed by atoms with van der Waals surface area (Å²) in [5, 5.41) is 0. The average Bonchev–Trinajstić information content (AvgIpc) is 2.54. The van der Waals surface area contributed by atoms with Crippen molar-refractivity contribution in [1.29, 1.82) is 0 Å². The molecule has 24 heavy (non-hydrogen) atoms. The Labute approximate surface area is 149 Å². The second kappa shape index (κ2) is 6.15. The van der Waals surface area contributed by atoms with Crippen LogP contribution in [0.15, 0.2) is 23.8 Å². The van der Waals surface area contributed by atoms with E-state index in [2.05, 4.69) is 33.8 Å². The molecule has 0 saturated heterocycles. The summed E-state index contributed by atoms with van der Waals surface area (Å²) >= 11 is 0. The van der Waals surface area contributed by atoms with Gasteiger partial charge in [0.1, 0.15) is 0 Å². The van der Waals surface area contributed by atoms with Gasteiger partial charge in [0, 0.05) is 5.41 Å². The minimum atomic E-state index is -0.156. The van der Waals surface area contributed by atoms with Crippen LogP contribution in [-0.4, -0.2) is 5.78 Å². The molecule has 0 spiro atoms. The van der Waals surface area contributed by atoms with Crippen molar-refractivity contribution in [2.75, 3.05) is 0 Å². The molecule has 2 fully saturated rings. The van der Waals surface area contributed by atoms with Crippen LogP contribution in [0.1, 0.15) is 86.0 Å². The molecule has 0 aromatic rings. The molecule has 3 aliphatic carbocycles. The highest BCUT2D eigenvalue weighted by atomic mass is 16.1. The van der Waals surface area contributed by atoms with E-state index in [1.165, 1.54) is 44.9 Å². The monoisotopic (exact) mass is 328 g/mol. The molecule has 0 aromatic heterocycles. The Hall–Kier alpha value is -0.850. The Bertz CT molecular complexity index is 571. The van der Waals surface area contributed by atoms with Crippen molar-refractivity contribution in [3.8, 4) is 0 Å². The molecule has 0 radical (unpaired) electrons. The predicted octanol–water partition coefficient (Wildman–Crippen LogP) is 6.49. The van der Waals surface area contributed by atoms with E-state index in [-0.39, 0.29) is 10.8 Å². The summed E-state index contributed by atoms with van der Waals surface area (Å²) in [6, 6.07) is 0. The van der Waals surface area contributed by atoms with Crippen LogP contribution in [0, 0.1) is 28.1 Å². The molecule has 1 nitrogen and oxygen atoms in total. The van der Waals surface area contributed by atoms with Crippen LogP contribution in [0.4, 0.5) is 0 Å². The summed E-state index contributed by atoms with van der Waals surface area (Å²) in [6.45, 7) is 11.5. The molecule has 1 heteroatoms. The molecule has 0 heterocycles. The molecule has 2 unspecified atom stereocenters. The molecule has 3 aliphatic rings. The van der Waals surface area contributed by atoms with Crippen molar-refractivity contribution in [2.24, 2.45) is 28.1 Å². The number of hydrogen-bond donors (Lipinski definition) is 0. The summed E-state index contributed by atoms with van der Waals surface area (Å²) in [5.74, 6) is 1.66. The lowest BCUT2D eigenvalue weighted by Gasteiger charge is -2.58. The van der Waals surface area contributed by atoms with Gasteiger partial charge in [-0.3, -0.25) is 4.79 Å². The standard InChI is InChI=1S/C23H36O/c1-6-9-20(24)23(5)14-8-13-22(4)18-12-15-21(3,7-2)16-17(18)10-11-19(22)23/h6,9,12,17,19H,7-8,10-11,13-16H2,1-5H3/b9-6+/t17?,19?,21-,22-,23+/m0/s1. The van der Waals surface area contributed by atoms with Gasteiger partial charge < -0.3 is 0 Å². The lowest BCUT2D eigenvalue weighted by Crippen LogP contribution is -2.52. The van der Waals surface area contributed by atoms with Gasteiger partial charge >= 0.3 is 0 Å². The van der Waals surface area contributed by atoms with Gasteiger partial charge in [-0.2, -0.15) is 0 Å². The van der Waals surface area contributed by atoms with Crippen LogP contribution >= 0.6 is 0 Å². The Morgan fingerprint density at radius 1 is 1.25 bits per heavy atom. The minimum Gasteiger partial charge on any atom is -0.294 e. The third-order valence-electron chi connectivity index (χ3n) is 8.12. The van der Waals surface area contributed by atoms with Gasteiger partial charge in [-0.1, -0.05) is 58.3 Å². The second-order valence-corrected chi connectivity index (χ2v) is 9.61. The Morgan fingerprint density at radius 2 is 2.00 bits per heavy atom. The van der Waals surface area contributed by atoms with Crippen LogP contribution in [0.2, 0.25) is 0 Å². The maximum Gasteiger partial charge on any atom is 0.161 e. The van der Waals surface area contributed by atoms with Crippen molar-refractivity contribution in [1.82, 2.24) is 0 Å². The van der Waals surface area contributed by atoms with E-state index >= 15 is 0 Å². The lowest BCUT2D eigenvalue weighted by atomic mass is 9.45.